The van der Waals surface area contributed by atoms with Crippen LogP contribution in [-0.4, -0.2) is 13.2 Å². The van der Waals surface area contributed by atoms with Gasteiger partial charge in [-0.1, -0.05) is 44.2 Å². The molecule has 2 rings (SSSR count). The zero-order valence-corrected chi connectivity index (χ0v) is 13.2. The second-order valence-electron chi connectivity index (χ2n) is 5.69. The Hall–Kier alpha value is -1.96. The first-order valence-corrected chi connectivity index (χ1v) is 7.69. The van der Waals surface area contributed by atoms with Crippen molar-refractivity contribution in [2.45, 2.75) is 33.1 Å². The Morgan fingerprint density at radius 3 is 2.62 bits per heavy atom. The topological polar surface area (TPSA) is 21.3 Å². The Labute approximate surface area is 128 Å². The van der Waals surface area contributed by atoms with Crippen LogP contribution in [0, 0.1) is 6.92 Å². The fourth-order valence-corrected chi connectivity index (χ4v) is 2.35. The summed E-state index contributed by atoms with van der Waals surface area (Å²) in [5, 5.41) is 3.51. The average Bonchev–Trinajstić information content (AvgIpc) is 2.47. The summed E-state index contributed by atoms with van der Waals surface area (Å²) in [4.78, 5) is 0. The Morgan fingerprint density at radius 1 is 1.05 bits per heavy atom. The van der Waals surface area contributed by atoms with Crippen LogP contribution in [0.15, 0.2) is 48.5 Å². The van der Waals surface area contributed by atoms with Crippen molar-refractivity contribution in [2.75, 3.05) is 18.5 Å². The van der Waals surface area contributed by atoms with Crippen molar-refractivity contribution < 1.29 is 4.74 Å². The molecule has 0 saturated heterocycles. The molecular formula is C19H25NO. The first-order valence-electron chi connectivity index (χ1n) is 7.69. The zero-order valence-electron chi connectivity index (χ0n) is 13.2. The van der Waals surface area contributed by atoms with E-state index in [-0.39, 0.29) is 0 Å². The SMILES string of the molecule is Cc1cccc(OCCCNc2ccccc2C(C)C)c1. The number of para-hydroxylation sites is 1. The quantitative estimate of drug-likeness (QED) is 0.722. The summed E-state index contributed by atoms with van der Waals surface area (Å²) in [5.74, 6) is 1.50. The van der Waals surface area contributed by atoms with E-state index in [4.69, 9.17) is 4.74 Å². The van der Waals surface area contributed by atoms with E-state index in [1.807, 2.05) is 12.1 Å². The zero-order chi connectivity index (χ0) is 15.1. The molecule has 0 saturated carbocycles. The predicted octanol–water partition coefficient (Wildman–Crippen LogP) is 5.00. The van der Waals surface area contributed by atoms with E-state index in [9.17, 15) is 0 Å². The molecule has 0 aromatic heterocycles. The van der Waals surface area contributed by atoms with Crippen molar-refractivity contribution in [1.29, 1.82) is 0 Å². The van der Waals surface area contributed by atoms with Gasteiger partial charge in [0, 0.05) is 12.2 Å². The Morgan fingerprint density at radius 2 is 1.86 bits per heavy atom. The van der Waals surface area contributed by atoms with Gasteiger partial charge < -0.3 is 10.1 Å². The third kappa shape index (κ3) is 4.82. The summed E-state index contributed by atoms with van der Waals surface area (Å²) < 4.78 is 5.76. The number of rotatable bonds is 7. The number of hydrogen-bond acceptors (Lipinski definition) is 2. The molecule has 1 N–H and O–H groups in total. The highest BCUT2D eigenvalue weighted by molar-refractivity contribution is 5.52. The van der Waals surface area contributed by atoms with Gasteiger partial charge in [0.15, 0.2) is 0 Å². The third-order valence-corrected chi connectivity index (χ3v) is 3.48. The van der Waals surface area contributed by atoms with Gasteiger partial charge in [0.05, 0.1) is 6.61 Å². The van der Waals surface area contributed by atoms with Crippen LogP contribution in [0.1, 0.15) is 37.3 Å². The van der Waals surface area contributed by atoms with Gasteiger partial charge >= 0.3 is 0 Å². The van der Waals surface area contributed by atoms with Crippen molar-refractivity contribution in [3.05, 3.63) is 59.7 Å². The highest BCUT2D eigenvalue weighted by atomic mass is 16.5. The van der Waals surface area contributed by atoms with Crippen LogP contribution in [0.4, 0.5) is 5.69 Å². The van der Waals surface area contributed by atoms with Gasteiger partial charge in [-0.2, -0.15) is 0 Å². The van der Waals surface area contributed by atoms with Gasteiger partial charge in [0.1, 0.15) is 5.75 Å². The monoisotopic (exact) mass is 283 g/mol. The summed E-state index contributed by atoms with van der Waals surface area (Å²) in [6.45, 7) is 8.19. The van der Waals surface area contributed by atoms with E-state index in [1.165, 1.54) is 16.8 Å². The summed E-state index contributed by atoms with van der Waals surface area (Å²) in [7, 11) is 0. The summed E-state index contributed by atoms with van der Waals surface area (Å²) in [6, 6.07) is 16.7. The van der Waals surface area contributed by atoms with Crippen LogP contribution in [0.25, 0.3) is 0 Å². The van der Waals surface area contributed by atoms with E-state index in [0.29, 0.717) is 5.92 Å². The largest absolute Gasteiger partial charge is 0.494 e. The number of hydrogen-bond donors (Lipinski definition) is 1. The smallest absolute Gasteiger partial charge is 0.119 e. The van der Waals surface area contributed by atoms with Crippen LogP contribution < -0.4 is 10.1 Å². The second-order valence-corrected chi connectivity index (χ2v) is 5.69. The maximum Gasteiger partial charge on any atom is 0.119 e. The molecule has 0 bridgehead atoms. The maximum absolute atomic E-state index is 5.76. The Balaban J connectivity index is 1.75. The van der Waals surface area contributed by atoms with Crippen LogP contribution in [0.5, 0.6) is 5.75 Å². The number of nitrogens with one attached hydrogen (secondary N) is 1. The van der Waals surface area contributed by atoms with Crippen molar-refractivity contribution in [3.8, 4) is 5.75 Å². The normalized spacial score (nSPS) is 10.7. The number of aryl methyl sites for hydroxylation is 1. The lowest BCUT2D eigenvalue weighted by Gasteiger charge is -2.14. The van der Waals surface area contributed by atoms with Crippen LogP contribution in [-0.2, 0) is 0 Å². The minimum atomic E-state index is 0.539. The fourth-order valence-electron chi connectivity index (χ4n) is 2.35. The molecule has 0 atom stereocenters. The number of ether oxygens (including phenoxy) is 1. The van der Waals surface area contributed by atoms with Crippen LogP contribution in [0.3, 0.4) is 0 Å². The molecule has 0 fully saturated rings. The molecule has 2 heteroatoms. The summed E-state index contributed by atoms with van der Waals surface area (Å²) >= 11 is 0. The summed E-state index contributed by atoms with van der Waals surface area (Å²) in [6.07, 6.45) is 0.986. The van der Waals surface area contributed by atoms with Crippen LogP contribution in [0.2, 0.25) is 0 Å². The van der Waals surface area contributed by atoms with Crippen molar-refractivity contribution in [2.24, 2.45) is 0 Å². The lowest BCUT2D eigenvalue weighted by Crippen LogP contribution is -2.09. The molecule has 112 valence electrons. The lowest BCUT2D eigenvalue weighted by molar-refractivity contribution is 0.315. The minimum absolute atomic E-state index is 0.539. The van der Waals surface area contributed by atoms with Gasteiger partial charge in [-0.15, -0.1) is 0 Å². The minimum Gasteiger partial charge on any atom is -0.494 e. The Bertz CT molecular complexity index is 563. The molecule has 2 nitrogen and oxygen atoms in total. The first kappa shape index (κ1) is 15.4. The fraction of sp³-hybridized carbons (Fsp3) is 0.368. The molecule has 0 unspecified atom stereocenters. The molecule has 21 heavy (non-hydrogen) atoms. The molecule has 0 aliphatic carbocycles. The molecule has 2 aromatic rings. The average molecular weight is 283 g/mol. The van der Waals surface area contributed by atoms with Gasteiger partial charge in [-0.3, -0.25) is 0 Å². The highest BCUT2D eigenvalue weighted by Gasteiger charge is 2.04. The highest BCUT2D eigenvalue weighted by Crippen LogP contribution is 2.23. The number of benzene rings is 2. The molecule has 0 aliphatic rings. The van der Waals surface area contributed by atoms with Crippen molar-refractivity contribution in [1.82, 2.24) is 0 Å². The van der Waals surface area contributed by atoms with E-state index in [2.05, 4.69) is 62.5 Å². The van der Waals surface area contributed by atoms with E-state index < -0.39 is 0 Å². The van der Waals surface area contributed by atoms with Gasteiger partial charge in [-0.05, 0) is 48.6 Å². The third-order valence-electron chi connectivity index (χ3n) is 3.48. The van der Waals surface area contributed by atoms with E-state index >= 15 is 0 Å². The van der Waals surface area contributed by atoms with Gasteiger partial charge in [-0.25, -0.2) is 0 Å². The Kier molecular flexibility index (Phi) is 5.68. The molecular weight excluding hydrogens is 258 g/mol. The maximum atomic E-state index is 5.76. The van der Waals surface area contributed by atoms with Crippen molar-refractivity contribution in [3.63, 3.8) is 0 Å². The molecule has 0 heterocycles. The predicted molar refractivity (Wildman–Crippen MR) is 90.3 cm³/mol. The van der Waals surface area contributed by atoms with Crippen molar-refractivity contribution >= 4 is 5.69 Å². The van der Waals surface area contributed by atoms with Gasteiger partial charge in [0.2, 0.25) is 0 Å². The first-order chi connectivity index (χ1) is 10.2. The van der Waals surface area contributed by atoms with Crippen LogP contribution >= 0.6 is 0 Å². The summed E-state index contributed by atoms with van der Waals surface area (Å²) in [5.41, 5.74) is 3.84. The molecule has 2 aromatic carbocycles. The standard InChI is InChI=1S/C19H25NO/c1-15(2)18-10-4-5-11-19(18)20-12-7-13-21-17-9-6-8-16(3)14-17/h4-6,8-11,14-15,20H,7,12-13H2,1-3H3. The molecule has 0 spiro atoms. The lowest BCUT2D eigenvalue weighted by atomic mass is 10.0. The van der Waals surface area contributed by atoms with E-state index in [0.717, 1.165) is 25.3 Å². The molecule has 0 radical (unpaired) electrons. The van der Waals surface area contributed by atoms with E-state index in [1.54, 1.807) is 0 Å². The molecule has 0 aliphatic heterocycles. The second kappa shape index (κ2) is 7.72. The van der Waals surface area contributed by atoms with Gasteiger partial charge in [0.25, 0.3) is 0 Å². The molecule has 0 amide bonds. The number of anilines is 1.